The third-order valence-corrected chi connectivity index (χ3v) is 3.81. The van der Waals surface area contributed by atoms with Crippen LogP contribution in [0.4, 0.5) is 8.78 Å². The molecule has 1 aliphatic heterocycles. The van der Waals surface area contributed by atoms with Gasteiger partial charge in [-0.05, 0) is 30.5 Å². The average Bonchev–Trinajstić information content (AvgIpc) is 2.36. The van der Waals surface area contributed by atoms with Gasteiger partial charge in [-0.2, -0.15) is 0 Å². The molecule has 2 nitrogen and oxygen atoms in total. The lowest BCUT2D eigenvalue weighted by molar-refractivity contribution is 0.0459. The molecule has 0 atom stereocenters. The molecule has 0 unspecified atom stereocenters. The van der Waals surface area contributed by atoms with E-state index < -0.39 is 11.6 Å². The fourth-order valence-electron chi connectivity index (χ4n) is 2.12. The summed E-state index contributed by atoms with van der Waals surface area (Å²) in [5.41, 5.74) is 0.395. The Morgan fingerprint density at radius 2 is 1.78 bits per heavy atom. The van der Waals surface area contributed by atoms with Crippen molar-refractivity contribution in [2.45, 2.75) is 24.9 Å². The number of ether oxygens (including phenoxy) is 1. The standard InChI is InChI=1S/C13H16ClF2NO/c14-9-13(1-3-18-4-2-13)17-8-10-5-11(15)7-12(16)6-10/h5-7,17H,1-4,8-9H2. The Morgan fingerprint density at radius 1 is 1.17 bits per heavy atom. The molecule has 1 fully saturated rings. The van der Waals surface area contributed by atoms with E-state index in [0.717, 1.165) is 18.9 Å². The first kappa shape index (κ1) is 13.7. The van der Waals surface area contributed by atoms with Gasteiger partial charge in [-0.3, -0.25) is 0 Å². The molecule has 0 spiro atoms. The number of nitrogens with one attached hydrogen (secondary N) is 1. The van der Waals surface area contributed by atoms with Crippen molar-refractivity contribution < 1.29 is 13.5 Å². The molecule has 1 heterocycles. The smallest absolute Gasteiger partial charge is 0.126 e. The van der Waals surface area contributed by atoms with Crippen molar-refractivity contribution in [3.63, 3.8) is 0 Å². The summed E-state index contributed by atoms with van der Waals surface area (Å²) in [6.45, 7) is 1.73. The van der Waals surface area contributed by atoms with E-state index in [4.69, 9.17) is 16.3 Å². The van der Waals surface area contributed by atoms with E-state index in [2.05, 4.69) is 5.32 Å². The van der Waals surface area contributed by atoms with Gasteiger partial charge in [0.15, 0.2) is 0 Å². The Bertz CT molecular complexity index is 388. The van der Waals surface area contributed by atoms with Gasteiger partial charge in [-0.1, -0.05) is 0 Å². The predicted octanol–water partition coefficient (Wildman–Crippen LogP) is 2.84. The Morgan fingerprint density at radius 3 is 2.33 bits per heavy atom. The van der Waals surface area contributed by atoms with Crippen molar-refractivity contribution in [3.8, 4) is 0 Å². The van der Waals surface area contributed by atoms with Crippen LogP contribution in [0.3, 0.4) is 0 Å². The monoisotopic (exact) mass is 275 g/mol. The number of alkyl halides is 1. The second-order valence-corrected chi connectivity index (χ2v) is 4.92. The minimum absolute atomic E-state index is 0.192. The molecule has 1 aromatic rings. The van der Waals surface area contributed by atoms with Crippen LogP contribution in [0.2, 0.25) is 0 Å². The molecular formula is C13H16ClF2NO. The van der Waals surface area contributed by atoms with Crippen LogP contribution in [-0.2, 0) is 11.3 Å². The van der Waals surface area contributed by atoms with Gasteiger partial charge in [-0.25, -0.2) is 8.78 Å². The number of benzene rings is 1. The fraction of sp³-hybridized carbons (Fsp3) is 0.538. The fourth-order valence-corrected chi connectivity index (χ4v) is 2.48. The quantitative estimate of drug-likeness (QED) is 0.853. The van der Waals surface area contributed by atoms with E-state index in [1.54, 1.807) is 0 Å². The first-order valence-corrected chi connectivity index (χ1v) is 6.51. The van der Waals surface area contributed by atoms with Crippen LogP contribution in [0.25, 0.3) is 0 Å². The van der Waals surface area contributed by atoms with Gasteiger partial charge in [0.25, 0.3) is 0 Å². The summed E-state index contributed by atoms with van der Waals surface area (Å²) in [5.74, 6) is -0.647. The molecule has 100 valence electrons. The molecule has 1 saturated heterocycles. The van der Waals surface area contributed by atoms with Gasteiger partial charge in [-0.15, -0.1) is 11.6 Å². The molecule has 0 aromatic heterocycles. The Balaban J connectivity index is 2.00. The molecular weight excluding hydrogens is 260 g/mol. The highest BCUT2D eigenvalue weighted by Gasteiger charge is 2.31. The second-order valence-electron chi connectivity index (χ2n) is 4.66. The third kappa shape index (κ3) is 3.40. The van der Waals surface area contributed by atoms with E-state index in [9.17, 15) is 8.78 Å². The van der Waals surface area contributed by atoms with Gasteiger partial charge in [0.1, 0.15) is 11.6 Å². The van der Waals surface area contributed by atoms with E-state index in [1.807, 2.05) is 0 Å². The minimum Gasteiger partial charge on any atom is -0.381 e. The van der Waals surface area contributed by atoms with Crippen molar-refractivity contribution in [1.82, 2.24) is 5.32 Å². The van der Waals surface area contributed by atoms with Crippen molar-refractivity contribution in [1.29, 1.82) is 0 Å². The SMILES string of the molecule is Fc1cc(F)cc(CNC2(CCl)CCOCC2)c1. The summed E-state index contributed by atoms with van der Waals surface area (Å²) in [7, 11) is 0. The Kier molecular flexibility index (Phi) is 4.54. The van der Waals surface area contributed by atoms with Gasteiger partial charge in [0, 0.05) is 37.2 Å². The largest absolute Gasteiger partial charge is 0.381 e. The molecule has 1 N–H and O–H groups in total. The number of hydrogen-bond donors (Lipinski definition) is 1. The first-order valence-electron chi connectivity index (χ1n) is 5.97. The summed E-state index contributed by atoms with van der Waals surface area (Å²) in [6, 6.07) is 3.53. The molecule has 1 aliphatic rings. The minimum atomic E-state index is -0.557. The lowest BCUT2D eigenvalue weighted by atomic mass is 9.92. The van der Waals surface area contributed by atoms with Gasteiger partial charge in [0.05, 0.1) is 0 Å². The highest BCUT2D eigenvalue weighted by Crippen LogP contribution is 2.23. The van der Waals surface area contributed by atoms with Crippen molar-refractivity contribution >= 4 is 11.6 Å². The molecule has 1 aromatic carbocycles. The summed E-state index contributed by atoms with van der Waals surface area (Å²) in [5, 5.41) is 3.31. The van der Waals surface area contributed by atoms with Gasteiger partial charge >= 0.3 is 0 Å². The zero-order valence-corrected chi connectivity index (χ0v) is 10.8. The van der Waals surface area contributed by atoms with Crippen LogP contribution in [0, 0.1) is 11.6 Å². The molecule has 0 aliphatic carbocycles. The Labute approximate surface area is 110 Å². The van der Waals surface area contributed by atoms with E-state index in [1.165, 1.54) is 12.1 Å². The maximum Gasteiger partial charge on any atom is 0.126 e. The van der Waals surface area contributed by atoms with Gasteiger partial charge in [0.2, 0.25) is 0 Å². The zero-order valence-electron chi connectivity index (χ0n) is 10.0. The summed E-state index contributed by atoms with van der Waals surface area (Å²) in [4.78, 5) is 0. The third-order valence-electron chi connectivity index (χ3n) is 3.30. The van der Waals surface area contributed by atoms with Crippen molar-refractivity contribution in [2.24, 2.45) is 0 Å². The highest BCUT2D eigenvalue weighted by molar-refractivity contribution is 6.18. The van der Waals surface area contributed by atoms with Crippen LogP contribution in [0.1, 0.15) is 18.4 Å². The summed E-state index contributed by atoms with van der Waals surface area (Å²) < 4.78 is 31.4. The maximum absolute atomic E-state index is 13.1. The van der Waals surface area contributed by atoms with Gasteiger partial charge < -0.3 is 10.1 Å². The summed E-state index contributed by atoms with van der Waals surface area (Å²) in [6.07, 6.45) is 1.63. The van der Waals surface area contributed by atoms with Crippen LogP contribution < -0.4 is 5.32 Å². The average molecular weight is 276 g/mol. The van der Waals surface area contributed by atoms with Crippen molar-refractivity contribution in [2.75, 3.05) is 19.1 Å². The van der Waals surface area contributed by atoms with Crippen molar-refractivity contribution in [3.05, 3.63) is 35.4 Å². The molecule has 18 heavy (non-hydrogen) atoms. The molecule has 0 bridgehead atoms. The lowest BCUT2D eigenvalue weighted by Gasteiger charge is -2.36. The molecule has 5 heteroatoms. The van der Waals surface area contributed by atoms with Crippen LogP contribution in [0.15, 0.2) is 18.2 Å². The molecule has 0 amide bonds. The summed E-state index contributed by atoms with van der Waals surface area (Å²) >= 11 is 6.00. The Hall–Kier alpha value is -0.710. The normalized spacial score (nSPS) is 18.8. The molecule has 0 radical (unpaired) electrons. The lowest BCUT2D eigenvalue weighted by Crippen LogP contribution is -2.50. The maximum atomic E-state index is 13.1. The van der Waals surface area contributed by atoms with Crippen LogP contribution in [-0.4, -0.2) is 24.6 Å². The predicted molar refractivity (Wildman–Crippen MR) is 66.7 cm³/mol. The van der Waals surface area contributed by atoms with E-state index in [0.29, 0.717) is 31.2 Å². The van der Waals surface area contributed by atoms with Crippen LogP contribution in [0.5, 0.6) is 0 Å². The topological polar surface area (TPSA) is 21.3 Å². The zero-order chi connectivity index (χ0) is 13.0. The van der Waals surface area contributed by atoms with E-state index >= 15 is 0 Å². The molecule has 0 saturated carbocycles. The van der Waals surface area contributed by atoms with Crippen LogP contribution >= 0.6 is 11.6 Å². The van der Waals surface area contributed by atoms with E-state index in [-0.39, 0.29) is 5.54 Å². The second kappa shape index (κ2) is 5.95. The molecule has 2 rings (SSSR count). The first-order chi connectivity index (χ1) is 8.63. The number of hydrogen-bond acceptors (Lipinski definition) is 2. The number of halogens is 3. The highest BCUT2D eigenvalue weighted by atomic mass is 35.5. The number of rotatable bonds is 4.